The van der Waals surface area contributed by atoms with Gasteiger partial charge >= 0.3 is 0 Å². The summed E-state index contributed by atoms with van der Waals surface area (Å²) in [4.78, 5) is 2.42. The Kier molecular flexibility index (Phi) is 3.75. The second kappa shape index (κ2) is 5.68. The van der Waals surface area contributed by atoms with Gasteiger partial charge in [0.15, 0.2) is 0 Å². The van der Waals surface area contributed by atoms with Gasteiger partial charge in [-0.1, -0.05) is 37.3 Å². The molecule has 3 rings (SSSR count). The Morgan fingerprint density at radius 3 is 2.60 bits per heavy atom. The first-order valence-corrected chi connectivity index (χ1v) is 7.50. The molecule has 2 aromatic rings. The predicted molar refractivity (Wildman–Crippen MR) is 85.4 cm³/mol. The SMILES string of the molecule is CC[C@H](N)c1ccc(N2CCCc3ccccc32)cc1. The molecule has 0 aromatic heterocycles. The monoisotopic (exact) mass is 266 g/mol. The van der Waals surface area contributed by atoms with Crippen molar-refractivity contribution in [3.05, 3.63) is 59.7 Å². The maximum absolute atomic E-state index is 6.09. The Bertz CT molecular complexity index is 574. The summed E-state index contributed by atoms with van der Waals surface area (Å²) in [5, 5.41) is 0. The first kappa shape index (κ1) is 13.2. The lowest BCUT2D eigenvalue weighted by atomic mass is 10.00. The van der Waals surface area contributed by atoms with Crippen LogP contribution in [-0.2, 0) is 6.42 Å². The largest absolute Gasteiger partial charge is 0.341 e. The lowest BCUT2D eigenvalue weighted by Crippen LogP contribution is -2.24. The molecule has 1 atom stereocenters. The fraction of sp³-hybridized carbons (Fsp3) is 0.333. The van der Waals surface area contributed by atoms with Crippen molar-refractivity contribution in [2.45, 2.75) is 32.2 Å². The molecule has 0 unspecified atom stereocenters. The van der Waals surface area contributed by atoms with Crippen molar-refractivity contribution >= 4 is 11.4 Å². The fourth-order valence-electron chi connectivity index (χ4n) is 2.94. The van der Waals surface area contributed by atoms with Crippen LogP contribution in [0.5, 0.6) is 0 Å². The van der Waals surface area contributed by atoms with Crippen molar-refractivity contribution in [1.82, 2.24) is 0 Å². The van der Waals surface area contributed by atoms with Crippen molar-refractivity contribution in [2.24, 2.45) is 5.73 Å². The summed E-state index contributed by atoms with van der Waals surface area (Å²) >= 11 is 0. The topological polar surface area (TPSA) is 29.3 Å². The van der Waals surface area contributed by atoms with Gasteiger partial charge in [-0.2, -0.15) is 0 Å². The molecule has 2 nitrogen and oxygen atoms in total. The molecule has 1 aliphatic rings. The van der Waals surface area contributed by atoms with E-state index in [0.717, 1.165) is 13.0 Å². The quantitative estimate of drug-likeness (QED) is 0.903. The number of fused-ring (bicyclic) bond motifs is 1. The average Bonchev–Trinajstić information content (AvgIpc) is 2.54. The smallest absolute Gasteiger partial charge is 0.0443 e. The van der Waals surface area contributed by atoms with E-state index in [4.69, 9.17) is 5.73 Å². The highest BCUT2D eigenvalue weighted by Crippen LogP contribution is 2.33. The Morgan fingerprint density at radius 1 is 1.10 bits per heavy atom. The second-order valence-corrected chi connectivity index (χ2v) is 5.49. The molecule has 20 heavy (non-hydrogen) atoms. The lowest BCUT2D eigenvalue weighted by Gasteiger charge is -2.31. The number of anilines is 2. The molecule has 0 radical (unpaired) electrons. The summed E-state index contributed by atoms with van der Waals surface area (Å²) in [5.74, 6) is 0. The summed E-state index contributed by atoms with van der Waals surface area (Å²) in [6.07, 6.45) is 3.38. The number of para-hydroxylation sites is 1. The molecule has 0 saturated heterocycles. The van der Waals surface area contributed by atoms with Crippen molar-refractivity contribution in [2.75, 3.05) is 11.4 Å². The van der Waals surface area contributed by atoms with E-state index in [9.17, 15) is 0 Å². The van der Waals surface area contributed by atoms with Gasteiger partial charge in [-0.25, -0.2) is 0 Å². The highest BCUT2D eigenvalue weighted by Gasteiger charge is 2.17. The average molecular weight is 266 g/mol. The molecule has 0 bridgehead atoms. The number of hydrogen-bond donors (Lipinski definition) is 1. The van der Waals surface area contributed by atoms with Crippen LogP contribution in [0.2, 0.25) is 0 Å². The third-order valence-electron chi connectivity index (χ3n) is 4.18. The number of nitrogens with two attached hydrogens (primary N) is 1. The summed E-state index contributed by atoms with van der Waals surface area (Å²) in [7, 11) is 0. The van der Waals surface area contributed by atoms with E-state index < -0.39 is 0 Å². The molecule has 2 heteroatoms. The van der Waals surface area contributed by atoms with Gasteiger partial charge in [-0.3, -0.25) is 0 Å². The Morgan fingerprint density at radius 2 is 1.85 bits per heavy atom. The van der Waals surface area contributed by atoms with E-state index >= 15 is 0 Å². The number of benzene rings is 2. The standard InChI is InChI=1S/C18H22N2/c1-2-17(19)14-9-11-16(12-10-14)20-13-5-7-15-6-3-4-8-18(15)20/h3-4,6,8-12,17H,2,5,7,13,19H2,1H3/t17-/m0/s1. The van der Waals surface area contributed by atoms with Gasteiger partial charge in [0, 0.05) is 24.0 Å². The third kappa shape index (κ3) is 2.44. The van der Waals surface area contributed by atoms with Crippen LogP contribution in [0.3, 0.4) is 0 Å². The Balaban J connectivity index is 1.91. The second-order valence-electron chi connectivity index (χ2n) is 5.49. The molecule has 1 heterocycles. The van der Waals surface area contributed by atoms with Crippen molar-refractivity contribution in [1.29, 1.82) is 0 Å². The highest BCUT2D eigenvalue weighted by molar-refractivity contribution is 5.67. The summed E-state index contributed by atoms with van der Waals surface area (Å²) in [5.41, 5.74) is 11.4. The van der Waals surface area contributed by atoms with Gasteiger partial charge < -0.3 is 10.6 Å². The maximum Gasteiger partial charge on any atom is 0.0443 e. The zero-order valence-electron chi connectivity index (χ0n) is 12.0. The van der Waals surface area contributed by atoms with Crippen LogP contribution in [0.4, 0.5) is 11.4 Å². The molecule has 1 aliphatic heterocycles. The van der Waals surface area contributed by atoms with E-state index in [1.807, 2.05) is 0 Å². The maximum atomic E-state index is 6.09. The zero-order chi connectivity index (χ0) is 13.9. The molecule has 2 aromatic carbocycles. The van der Waals surface area contributed by atoms with Gasteiger partial charge in [-0.15, -0.1) is 0 Å². The minimum Gasteiger partial charge on any atom is -0.341 e. The van der Waals surface area contributed by atoms with E-state index in [1.165, 1.54) is 35.3 Å². The van der Waals surface area contributed by atoms with E-state index in [1.54, 1.807) is 0 Å². The summed E-state index contributed by atoms with van der Waals surface area (Å²) < 4.78 is 0. The third-order valence-corrected chi connectivity index (χ3v) is 4.18. The summed E-state index contributed by atoms with van der Waals surface area (Å²) in [6.45, 7) is 3.22. The van der Waals surface area contributed by atoms with Gasteiger partial charge in [0.2, 0.25) is 0 Å². The van der Waals surface area contributed by atoms with Gasteiger partial charge in [0.1, 0.15) is 0 Å². The minimum absolute atomic E-state index is 0.151. The molecular weight excluding hydrogens is 244 g/mol. The first-order valence-electron chi connectivity index (χ1n) is 7.50. The molecule has 0 saturated carbocycles. The van der Waals surface area contributed by atoms with E-state index in [2.05, 4.69) is 60.4 Å². The van der Waals surface area contributed by atoms with Crippen molar-refractivity contribution < 1.29 is 0 Å². The van der Waals surface area contributed by atoms with Crippen LogP contribution in [0.15, 0.2) is 48.5 Å². The van der Waals surface area contributed by atoms with Gasteiger partial charge in [-0.05, 0) is 48.6 Å². The normalized spacial score (nSPS) is 15.8. The van der Waals surface area contributed by atoms with Gasteiger partial charge in [0.05, 0.1) is 0 Å². The van der Waals surface area contributed by atoms with Crippen molar-refractivity contribution in [3.63, 3.8) is 0 Å². The van der Waals surface area contributed by atoms with Crippen molar-refractivity contribution in [3.8, 4) is 0 Å². The molecule has 0 spiro atoms. The van der Waals surface area contributed by atoms with Crippen LogP contribution in [0.25, 0.3) is 0 Å². The Hall–Kier alpha value is -1.80. The Labute approximate surface area is 121 Å². The van der Waals surface area contributed by atoms with E-state index in [-0.39, 0.29) is 6.04 Å². The van der Waals surface area contributed by atoms with Crippen LogP contribution in [-0.4, -0.2) is 6.54 Å². The predicted octanol–water partition coefficient (Wildman–Crippen LogP) is 4.18. The first-order chi connectivity index (χ1) is 9.79. The fourth-order valence-corrected chi connectivity index (χ4v) is 2.94. The van der Waals surface area contributed by atoms with Gasteiger partial charge in [0.25, 0.3) is 0 Å². The molecule has 0 amide bonds. The molecule has 2 N–H and O–H groups in total. The number of nitrogens with zero attached hydrogens (tertiary/aromatic N) is 1. The van der Waals surface area contributed by atoms with E-state index in [0.29, 0.717) is 0 Å². The van der Waals surface area contributed by atoms with Crippen LogP contribution < -0.4 is 10.6 Å². The van der Waals surface area contributed by atoms with Crippen LogP contribution >= 0.6 is 0 Å². The zero-order valence-corrected chi connectivity index (χ0v) is 12.0. The van der Waals surface area contributed by atoms with Crippen LogP contribution in [0, 0.1) is 0 Å². The number of aryl methyl sites for hydroxylation is 1. The molecule has 104 valence electrons. The highest BCUT2D eigenvalue weighted by atomic mass is 15.1. The van der Waals surface area contributed by atoms with Crippen LogP contribution in [0.1, 0.15) is 36.9 Å². The number of rotatable bonds is 3. The lowest BCUT2D eigenvalue weighted by molar-refractivity contribution is 0.698. The summed E-state index contributed by atoms with van der Waals surface area (Å²) in [6, 6.07) is 17.6. The molecule has 0 fully saturated rings. The molecular formula is C18H22N2. The number of hydrogen-bond acceptors (Lipinski definition) is 2. The minimum atomic E-state index is 0.151. The molecule has 0 aliphatic carbocycles.